The Morgan fingerprint density at radius 3 is 2.33 bits per heavy atom. The van der Waals surface area contributed by atoms with E-state index in [1.54, 1.807) is 12.1 Å². The normalized spacial score (nSPS) is 24.4. The highest BCUT2D eigenvalue weighted by Crippen LogP contribution is 2.31. The number of halogens is 3. The molecule has 1 nitrogen and oxygen atoms in total. The summed E-state index contributed by atoms with van der Waals surface area (Å²) in [5.74, 6) is 0.596. The summed E-state index contributed by atoms with van der Waals surface area (Å²) in [4.78, 5) is 0. The average Bonchev–Trinajstić information content (AvgIpc) is 2.76. The second kappa shape index (κ2) is 5.31. The van der Waals surface area contributed by atoms with Crippen LogP contribution < -0.4 is 5.32 Å². The largest absolute Gasteiger partial charge is 0.416 e. The Labute approximate surface area is 105 Å². The molecule has 0 spiro atoms. The predicted molar refractivity (Wildman–Crippen MR) is 65.3 cm³/mol. The van der Waals surface area contributed by atoms with Crippen LogP contribution in [0.25, 0.3) is 0 Å². The molecule has 1 aliphatic carbocycles. The first kappa shape index (κ1) is 13.4. The van der Waals surface area contributed by atoms with Gasteiger partial charge in [-0.2, -0.15) is 13.2 Å². The molecular formula is C14H18F3N. The van der Waals surface area contributed by atoms with E-state index in [4.69, 9.17) is 0 Å². The highest BCUT2D eigenvalue weighted by Gasteiger charge is 2.30. The van der Waals surface area contributed by atoms with Crippen LogP contribution in [0.2, 0.25) is 0 Å². The van der Waals surface area contributed by atoms with Gasteiger partial charge in [0, 0.05) is 6.04 Å². The molecule has 0 aliphatic heterocycles. The van der Waals surface area contributed by atoms with Gasteiger partial charge in [-0.25, -0.2) is 0 Å². The molecule has 2 atom stereocenters. The van der Waals surface area contributed by atoms with Gasteiger partial charge in [-0.3, -0.25) is 0 Å². The van der Waals surface area contributed by atoms with Crippen molar-refractivity contribution < 1.29 is 13.2 Å². The number of rotatable bonds is 3. The van der Waals surface area contributed by atoms with Gasteiger partial charge in [-0.1, -0.05) is 12.1 Å². The molecule has 0 bridgehead atoms. The van der Waals surface area contributed by atoms with E-state index in [0.29, 0.717) is 12.0 Å². The summed E-state index contributed by atoms with van der Waals surface area (Å²) < 4.78 is 37.2. The van der Waals surface area contributed by atoms with Crippen LogP contribution in [0.5, 0.6) is 0 Å². The predicted octanol–water partition coefficient (Wildman–Crippen LogP) is 3.64. The zero-order valence-electron chi connectivity index (χ0n) is 10.4. The topological polar surface area (TPSA) is 12.0 Å². The quantitative estimate of drug-likeness (QED) is 0.871. The van der Waals surface area contributed by atoms with Crippen LogP contribution in [0, 0.1) is 5.92 Å². The fourth-order valence-corrected chi connectivity index (χ4v) is 2.69. The first-order chi connectivity index (χ1) is 8.49. The van der Waals surface area contributed by atoms with Gasteiger partial charge >= 0.3 is 6.18 Å². The lowest BCUT2D eigenvalue weighted by atomic mass is 9.97. The average molecular weight is 257 g/mol. The summed E-state index contributed by atoms with van der Waals surface area (Å²) in [6.45, 7) is 0. The third-order valence-corrected chi connectivity index (χ3v) is 3.76. The number of nitrogens with one attached hydrogen (secondary N) is 1. The number of hydrogen-bond donors (Lipinski definition) is 1. The Morgan fingerprint density at radius 2 is 1.83 bits per heavy atom. The van der Waals surface area contributed by atoms with Crippen molar-refractivity contribution in [2.75, 3.05) is 7.05 Å². The second-order valence-corrected chi connectivity index (χ2v) is 5.06. The van der Waals surface area contributed by atoms with Crippen molar-refractivity contribution >= 4 is 0 Å². The summed E-state index contributed by atoms with van der Waals surface area (Å²) in [5.41, 5.74) is 0.440. The van der Waals surface area contributed by atoms with Gasteiger partial charge in [0.15, 0.2) is 0 Å². The van der Waals surface area contributed by atoms with Gasteiger partial charge in [0.2, 0.25) is 0 Å². The molecule has 0 aromatic heterocycles. The molecule has 1 aromatic carbocycles. The maximum absolute atomic E-state index is 12.4. The van der Waals surface area contributed by atoms with E-state index < -0.39 is 11.7 Å². The van der Waals surface area contributed by atoms with Crippen molar-refractivity contribution in [1.82, 2.24) is 5.32 Å². The Bertz CT molecular complexity index is 383. The van der Waals surface area contributed by atoms with E-state index in [1.165, 1.54) is 18.6 Å². The Kier molecular flexibility index (Phi) is 3.95. The lowest BCUT2D eigenvalue weighted by molar-refractivity contribution is -0.137. The molecule has 0 amide bonds. The molecule has 1 fully saturated rings. The van der Waals surface area contributed by atoms with Crippen LogP contribution in [-0.4, -0.2) is 13.1 Å². The minimum absolute atomic E-state index is 0.564. The van der Waals surface area contributed by atoms with Gasteiger partial charge in [0.1, 0.15) is 0 Å². The van der Waals surface area contributed by atoms with Crippen LogP contribution in [0.3, 0.4) is 0 Å². The molecule has 0 heterocycles. The Hall–Kier alpha value is -1.03. The van der Waals surface area contributed by atoms with Crippen molar-refractivity contribution in [3.05, 3.63) is 35.4 Å². The maximum atomic E-state index is 12.4. The SMILES string of the molecule is CNC1CCC(Cc2ccc(C(F)(F)F)cc2)C1. The molecule has 2 unspecified atom stereocenters. The van der Waals surface area contributed by atoms with Gasteiger partial charge in [-0.05, 0) is 56.3 Å². The summed E-state index contributed by atoms with van der Waals surface area (Å²) in [6.07, 6.45) is 0.102. The van der Waals surface area contributed by atoms with Crippen LogP contribution in [-0.2, 0) is 12.6 Å². The van der Waals surface area contributed by atoms with E-state index in [9.17, 15) is 13.2 Å². The molecule has 1 aliphatic rings. The minimum atomic E-state index is -4.23. The molecular weight excluding hydrogens is 239 g/mol. The zero-order valence-corrected chi connectivity index (χ0v) is 10.4. The van der Waals surface area contributed by atoms with E-state index in [0.717, 1.165) is 24.8 Å². The van der Waals surface area contributed by atoms with E-state index in [1.807, 2.05) is 7.05 Å². The standard InChI is InChI=1S/C14H18F3N/c1-18-13-7-4-11(9-13)8-10-2-5-12(6-3-10)14(15,16)17/h2-3,5-6,11,13,18H,4,7-9H2,1H3. The van der Waals surface area contributed by atoms with Crippen molar-refractivity contribution in [1.29, 1.82) is 0 Å². The molecule has 18 heavy (non-hydrogen) atoms. The molecule has 100 valence electrons. The second-order valence-electron chi connectivity index (χ2n) is 5.06. The molecule has 2 rings (SSSR count). The third-order valence-electron chi connectivity index (χ3n) is 3.76. The molecule has 4 heteroatoms. The Balaban J connectivity index is 1.95. The molecule has 0 saturated heterocycles. The van der Waals surface area contributed by atoms with Crippen molar-refractivity contribution in [2.24, 2.45) is 5.92 Å². The highest BCUT2D eigenvalue weighted by atomic mass is 19.4. The van der Waals surface area contributed by atoms with Crippen LogP contribution in [0.4, 0.5) is 13.2 Å². The van der Waals surface area contributed by atoms with Crippen molar-refractivity contribution in [3.8, 4) is 0 Å². The molecule has 0 radical (unpaired) electrons. The maximum Gasteiger partial charge on any atom is 0.416 e. The molecule has 1 N–H and O–H groups in total. The summed E-state index contributed by atoms with van der Waals surface area (Å²) >= 11 is 0. The van der Waals surface area contributed by atoms with E-state index in [-0.39, 0.29) is 0 Å². The molecule has 1 saturated carbocycles. The lowest BCUT2D eigenvalue weighted by Crippen LogP contribution is -2.21. The van der Waals surface area contributed by atoms with Crippen LogP contribution in [0.15, 0.2) is 24.3 Å². The summed E-state index contributed by atoms with van der Waals surface area (Å²) in [6, 6.07) is 6.15. The zero-order chi connectivity index (χ0) is 13.2. The fraction of sp³-hybridized carbons (Fsp3) is 0.571. The van der Waals surface area contributed by atoms with Gasteiger partial charge in [0.05, 0.1) is 5.56 Å². The number of benzene rings is 1. The highest BCUT2D eigenvalue weighted by molar-refractivity contribution is 5.25. The van der Waals surface area contributed by atoms with Crippen LogP contribution in [0.1, 0.15) is 30.4 Å². The Morgan fingerprint density at radius 1 is 1.17 bits per heavy atom. The number of hydrogen-bond acceptors (Lipinski definition) is 1. The summed E-state index contributed by atoms with van der Waals surface area (Å²) in [7, 11) is 1.96. The van der Waals surface area contributed by atoms with Gasteiger partial charge in [0.25, 0.3) is 0 Å². The van der Waals surface area contributed by atoms with E-state index >= 15 is 0 Å². The fourth-order valence-electron chi connectivity index (χ4n) is 2.69. The smallest absolute Gasteiger partial charge is 0.317 e. The molecule has 1 aromatic rings. The monoisotopic (exact) mass is 257 g/mol. The van der Waals surface area contributed by atoms with E-state index in [2.05, 4.69) is 5.32 Å². The van der Waals surface area contributed by atoms with Crippen molar-refractivity contribution in [3.63, 3.8) is 0 Å². The van der Waals surface area contributed by atoms with Crippen LogP contribution >= 0.6 is 0 Å². The summed E-state index contributed by atoms with van der Waals surface area (Å²) in [5, 5.41) is 3.26. The third kappa shape index (κ3) is 3.25. The lowest BCUT2D eigenvalue weighted by Gasteiger charge is -2.12. The number of alkyl halides is 3. The minimum Gasteiger partial charge on any atom is -0.317 e. The first-order valence-electron chi connectivity index (χ1n) is 6.32. The van der Waals surface area contributed by atoms with Gasteiger partial charge < -0.3 is 5.32 Å². The van der Waals surface area contributed by atoms with Crippen molar-refractivity contribution in [2.45, 2.75) is 37.9 Å². The van der Waals surface area contributed by atoms with Gasteiger partial charge in [-0.15, -0.1) is 0 Å². The first-order valence-corrected chi connectivity index (χ1v) is 6.32.